The van der Waals surface area contributed by atoms with E-state index in [4.69, 9.17) is 4.52 Å². The zero-order valence-corrected chi connectivity index (χ0v) is 16.8. The Labute approximate surface area is 167 Å². The number of quaternary nitrogens is 2. The molecule has 150 valence electrons. The van der Waals surface area contributed by atoms with Gasteiger partial charge in [0.2, 0.25) is 0 Å². The van der Waals surface area contributed by atoms with Crippen LogP contribution in [-0.2, 0) is 11.3 Å². The number of aryl methyl sites for hydroxylation is 1. The highest BCUT2D eigenvalue weighted by molar-refractivity contribution is 5.82. The van der Waals surface area contributed by atoms with Gasteiger partial charge in [-0.25, -0.2) is 0 Å². The number of piperazine rings is 1. The summed E-state index contributed by atoms with van der Waals surface area (Å²) < 4.78 is 5.20. The second-order valence-electron chi connectivity index (χ2n) is 8.24. The highest BCUT2D eigenvalue weighted by Gasteiger charge is 2.38. The second-order valence-corrected chi connectivity index (χ2v) is 8.24. The van der Waals surface area contributed by atoms with E-state index < -0.39 is 0 Å². The van der Waals surface area contributed by atoms with Crippen molar-refractivity contribution in [3.05, 3.63) is 53.4 Å². The molecule has 2 aliphatic heterocycles. The topological polar surface area (TPSA) is 55.2 Å². The van der Waals surface area contributed by atoms with Crippen LogP contribution in [0.15, 0.2) is 40.9 Å². The van der Waals surface area contributed by atoms with Gasteiger partial charge in [-0.05, 0) is 26.2 Å². The van der Waals surface area contributed by atoms with E-state index in [2.05, 4.69) is 34.3 Å². The number of likely N-dealkylation sites (tertiary alicyclic amines) is 1. The maximum absolute atomic E-state index is 13.4. The number of carbonyl (C=O) groups is 1. The van der Waals surface area contributed by atoms with Gasteiger partial charge in [0.25, 0.3) is 5.91 Å². The van der Waals surface area contributed by atoms with Gasteiger partial charge in [0.15, 0.2) is 6.04 Å². The first-order valence-electron chi connectivity index (χ1n) is 10.6. The summed E-state index contributed by atoms with van der Waals surface area (Å²) in [5.41, 5.74) is 2.18. The molecule has 0 saturated carbocycles. The molecule has 4 rings (SSSR count). The number of rotatable bonds is 5. The van der Waals surface area contributed by atoms with Gasteiger partial charge in [-0.15, -0.1) is 0 Å². The summed E-state index contributed by atoms with van der Waals surface area (Å²) in [7, 11) is 0. The molecule has 2 fully saturated rings. The molecule has 6 nitrogen and oxygen atoms in total. The van der Waals surface area contributed by atoms with E-state index in [-0.39, 0.29) is 6.04 Å². The summed E-state index contributed by atoms with van der Waals surface area (Å²) in [5, 5.41) is 4.14. The number of benzene rings is 1. The largest absolute Gasteiger partial charge is 0.361 e. The average Bonchev–Trinajstić information content (AvgIpc) is 3.15. The summed E-state index contributed by atoms with van der Waals surface area (Å²) >= 11 is 0. The number of nitrogens with one attached hydrogen (secondary N) is 2. The van der Waals surface area contributed by atoms with Crippen molar-refractivity contribution in [2.75, 3.05) is 39.3 Å². The summed E-state index contributed by atoms with van der Waals surface area (Å²) in [4.78, 5) is 18.5. The van der Waals surface area contributed by atoms with Crippen LogP contribution in [-0.4, -0.2) is 55.2 Å². The molecule has 2 saturated heterocycles. The van der Waals surface area contributed by atoms with Gasteiger partial charge in [-0.2, -0.15) is 0 Å². The van der Waals surface area contributed by atoms with Crippen molar-refractivity contribution in [1.82, 2.24) is 10.1 Å². The second kappa shape index (κ2) is 8.88. The first-order valence-corrected chi connectivity index (χ1v) is 10.6. The molecule has 2 aliphatic rings. The van der Waals surface area contributed by atoms with Crippen LogP contribution in [0, 0.1) is 6.92 Å². The number of carbonyl (C=O) groups excluding carboxylic acids is 1. The third-order valence-electron chi connectivity index (χ3n) is 6.16. The fourth-order valence-corrected chi connectivity index (χ4v) is 4.64. The first kappa shape index (κ1) is 19.2. The summed E-state index contributed by atoms with van der Waals surface area (Å²) in [6.45, 7) is 8.79. The molecule has 0 aliphatic carbocycles. The molecule has 0 bridgehead atoms. The molecule has 3 heterocycles. The minimum absolute atomic E-state index is 0.0739. The molecule has 1 aromatic heterocycles. The molecule has 0 spiro atoms. The van der Waals surface area contributed by atoms with Crippen LogP contribution in [0.5, 0.6) is 0 Å². The van der Waals surface area contributed by atoms with E-state index in [0.717, 1.165) is 75.7 Å². The van der Waals surface area contributed by atoms with Gasteiger partial charge in [0.05, 0.1) is 0 Å². The maximum atomic E-state index is 13.4. The first-order chi connectivity index (χ1) is 13.7. The van der Waals surface area contributed by atoms with E-state index in [1.807, 2.05) is 19.1 Å². The molecular weight excluding hydrogens is 352 g/mol. The monoisotopic (exact) mass is 384 g/mol. The van der Waals surface area contributed by atoms with Crippen LogP contribution >= 0.6 is 0 Å². The van der Waals surface area contributed by atoms with Crippen LogP contribution in [0.25, 0.3) is 0 Å². The standard InChI is InChI=1S/C22H30N4O2/c1-18-16-20(23-28-18)17-24-12-14-25(15-13-24)21(19-8-4-2-5-9-19)22(27)26-10-6-3-7-11-26/h2,4-5,8-9,16,21H,3,6-7,10-15,17H2,1H3/p+2/t21-/m0/s1. The van der Waals surface area contributed by atoms with Crippen molar-refractivity contribution in [2.45, 2.75) is 38.8 Å². The van der Waals surface area contributed by atoms with Crippen molar-refractivity contribution in [2.24, 2.45) is 0 Å². The Morgan fingerprint density at radius 2 is 1.82 bits per heavy atom. The zero-order valence-electron chi connectivity index (χ0n) is 16.8. The maximum Gasteiger partial charge on any atom is 0.285 e. The molecule has 1 atom stereocenters. The Bertz CT molecular complexity index is 762. The van der Waals surface area contributed by atoms with Crippen LogP contribution in [0.3, 0.4) is 0 Å². The van der Waals surface area contributed by atoms with Crippen molar-refractivity contribution < 1.29 is 19.1 Å². The molecule has 2 aromatic rings. The molecule has 2 N–H and O–H groups in total. The molecule has 1 aromatic carbocycles. The SMILES string of the molecule is Cc1cc(C[NH+]2CC[NH+]([C@H](C(=O)N3CCCCC3)c3ccccc3)CC2)no1. The molecule has 28 heavy (non-hydrogen) atoms. The Hall–Kier alpha value is -2.18. The molecule has 1 amide bonds. The number of amides is 1. The fourth-order valence-electron chi connectivity index (χ4n) is 4.64. The van der Waals surface area contributed by atoms with Crippen molar-refractivity contribution in [3.8, 4) is 0 Å². The highest BCUT2D eigenvalue weighted by Crippen LogP contribution is 2.17. The zero-order chi connectivity index (χ0) is 19.3. The Morgan fingerprint density at radius 1 is 1.11 bits per heavy atom. The number of hydrogen-bond acceptors (Lipinski definition) is 3. The van der Waals surface area contributed by atoms with Crippen LogP contribution < -0.4 is 9.80 Å². The quantitative estimate of drug-likeness (QED) is 0.764. The van der Waals surface area contributed by atoms with Gasteiger partial charge in [0.1, 0.15) is 44.2 Å². The smallest absolute Gasteiger partial charge is 0.285 e. The van der Waals surface area contributed by atoms with Crippen molar-refractivity contribution in [1.29, 1.82) is 0 Å². The lowest BCUT2D eigenvalue weighted by Crippen LogP contribution is -3.28. The van der Waals surface area contributed by atoms with Gasteiger partial charge in [0, 0.05) is 24.7 Å². The van der Waals surface area contributed by atoms with Gasteiger partial charge in [-0.1, -0.05) is 35.5 Å². The van der Waals surface area contributed by atoms with E-state index in [1.54, 1.807) is 0 Å². The lowest BCUT2D eigenvalue weighted by Gasteiger charge is -2.37. The Kier molecular flexibility index (Phi) is 6.07. The van der Waals surface area contributed by atoms with Crippen molar-refractivity contribution in [3.63, 3.8) is 0 Å². The molecule has 6 heteroatoms. The Balaban J connectivity index is 1.44. The summed E-state index contributed by atoms with van der Waals surface area (Å²) in [5.74, 6) is 1.19. The van der Waals surface area contributed by atoms with E-state index in [0.29, 0.717) is 5.91 Å². The highest BCUT2D eigenvalue weighted by atomic mass is 16.5. The van der Waals surface area contributed by atoms with E-state index in [1.165, 1.54) is 16.2 Å². The lowest BCUT2D eigenvalue weighted by molar-refractivity contribution is -1.03. The third-order valence-corrected chi connectivity index (χ3v) is 6.16. The third kappa shape index (κ3) is 4.45. The van der Waals surface area contributed by atoms with E-state index >= 15 is 0 Å². The van der Waals surface area contributed by atoms with Gasteiger partial charge >= 0.3 is 0 Å². The van der Waals surface area contributed by atoms with Crippen LogP contribution in [0.1, 0.15) is 42.3 Å². The van der Waals surface area contributed by atoms with Crippen LogP contribution in [0.4, 0.5) is 0 Å². The predicted octanol–water partition coefficient (Wildman–Crippen LogP) is 0.0202. The Morgan fingerprint density at radius 3 is 2.46 bits per heavy atom. The molecule has 0 radical (unpaired) electrons. The minimum atomic E-state index is -0.0739. The molecule has 0 unspecified atom stereocenters. The predicted molar refractivity (Wildman–Crippen MR) is 106 cm³/mol. The van der Waals surface area contributed by atoms with Crippen LogP contribution in [0.2, 0.25) is 0 Å². The molecular formula is C22H32N4O2+2. The number of aromatic nitrogens is 1. The average molecular weight is 385 g/mol. The number of piperidine rings is 1. The number of nitrogens with zero attached hydrogens (tertiary/aromatic N) is 2. The van der Waals surface area contributed by atoms with Gasteiger partial charge < -0.3 is 19.2 Å². The van der Waals surface area contributed by atoms with E-state index in [9.17, 15) is 4.79 Å². The fraction of sp³-hybridized carbons (Fsp3) is 0.545. The van der Waals surface area contributed by atoms with Gasteiger partial charge in [-0.3, -0.25) is 4.79 Å². The lowest BCUT2D eigenvalue weighted by atomic mass is 10.0. The normalized spacial score (nSPS) is 24.1. The minimum Gasteiger partial charge on any atom is -0.361 e. The number of hydrogen-bond donors (Lipinski definition) is 2. The summed E-state index contributed by atoms with van der Waals surface area (Å²) in [6.07, 6.45) is 3.52. The van der Waals surface area contributed by atoms with Crippen molar-refractivity contribution >= 4 is 5.91 Å². The summed E-state index contributed by atoms with van der Waals surface area (Å²) in [6, 6.07) is 12.3.